The van der Waals surface area contributed by atoms with Gasteiger partial charge in [0.05, 0.1) is 5.25 Å². The van der Waals surface area contributed by atoms with Crippen molar-refractivity contribution in [3.05, 3.63) is 60.2 Å². The smallest absolute Gasteiger partial charge is 0.240 e. The fourth-order valence-electron chi connectivity index (χ4n) is 3.31. The highest BCUT2D eigenvalue weighted by molar-refractivity contribution is 8.00. The Balaban J connectivity index is 1.54. The molecule has 1 atom stereocenters. The molecule has 1 fully saturated rings. The second-order valence-electron chi connectivity index (χ2n) is 6.81. The molecule has 0 spiro atoms. The normalized spacial score (nSPS) is 17.3. The minimum Gasteiger partial charge on any atom is -0.311 e. The van der Waals surface area contributed by atoms with Gasteiger partial charge in [-0.25, -0.2) is 0 Å². The zero-order chi connectivity index (χ0) is 18.8. The fraction of sp³-hybridized carbons (Fsp3) is 0.286. The molecule has 0 bridgehead atoms. The van der Waals surface area contributed by atoms with Gasteiger partial charge in [0.2, 0.25) is 5.91 Å². The van der Waals surface area contributed by atoms with Crippen molar-refractivity contribution >= 4 is 23.4 Å². The summed E-state index contributed by atoms with van der Waals surface area (Å²) in [5, 5.41) is 9.34. The van der Waals surface area contributed by atoms with E-state index in [0.717, 1.165) is 41.6 Å². The van der Waals surface area contributed by atoms with E-state index in [-0.39, 0.29) is 11.2 Å². The molecule has 2 heterocycles. The molecule has 3 aromatic rings. The van der Waals surface area contributed by atoms with Crippen LogP contribution in [-0.2, 0) is 11.8 Å². The Kier molecular flexibility index (Phi) is 4.99. The Morgan fingerprint density at radius 2 is 1.78 bits per heavy atom. The maximum absolute atomic E-state index is 13.0. The Hall–Kier alpha value is -2.60. The van der Waals surface area contributed by atoms with Gasteiger partial charge < -0.3 is 9.47 Å². The molecule has 1 aromatic heterocycles. The molecule has 4 rings (SSSR count). The number of hydrogen-bond donors (Lipinski definition) is 0. The molecule has 138 valence electrons. The predicted molar refractivity (Wildman–Crippen MR) is 109 cm³/mol. The lowest BCUT2D eigenvalue weighted by Crippen LogP contribution is -2.43. The number of aryl methyl sites for hydroxylation is 1. The van der Waals surface area contributed by atoms with Gasteiger partial charge in [0.15, 0.2) is 11.0 Å². The van der Waals surface area contributed by atoms with Gasteiger partial charge in [-0.2, -0.15) is 0 Å². The van der Waals surface area contributed by atoms with Crippen molar-refractivity contribution in [1.82, 2.24) is 14.8 Å². The highest BCUT2D eigenvalue weighted by Gasteiger charge is 2.31. The molecule has 1 aliphatic heterocycles. The number of hydrogen-bond acceptors (Lipinski definition) is 4. The van der Waals surface area contributed by atoms with Crippen molar-refractivity contribution in [2.75, 3.05) is 11.4 Å². The van der Waals surface area contributed by atoms with Crippen LogP contribution < -0.4 is 4.90 Å². The van der Waals surface area contributed by atoms with E-state index < -0.39 is 0 Å². The molecule has 0 saturated carbocycles. The van der Waals surface area contributed by atoms with Crippen LogP contribution in [0, 0.1) is 6.92 Å². The van der Waals surface area contributed by atoms with E-state index >= 15 is 0 Å². The SMILES string of the molecule is Cc1ccc(-c2nnc(SC3CCCN(c4ccccc4)C3=O)n2C)cc1. The van der Waals surface area contributed by atoms with Crippen LogP contribution in [0.2, 0.25) is 0 Å². The summed E-state index contributed by atoms with van der Waals surface area (Å²) in [6, 6.07) is 18.1. The van der Waals surface area contributed by atoms with E-state index in [1.54, 1.807) is 0 Å². The summed E-state index contributed by atoms with van der Waals surface area (Å²) in [6.45, 7) is 2.84. The zero-order valence-corrected chi connectivity index (χ0v) is 16.3. The topological polar surface area (TPSA) is 51.0 Å². The summed E-state index contributed by atoms with van der Waals surface area (Å²) in [7, 11) is 1.96. The van der Waals surface area contributed by atoms with E-state index in [1.165, 1.54) is 17.3 Å². The molecule has 0 aliphatic carbocycles. The number of carbonyl (C=O) groups excluding carboxylic acids is 1. The number of para-hydroxylation sites is 1. The van der Waals surface area contributed by atoms with Gasteiger partial charge in [-0.05, 0) is 31.9 Å². The number of aromatic nitrogens is 3. The Morgan fingerprint density at radius 3 is 2.52 bits per heavy atom. The first kappa shape index (κ1) is 17.8. The molecule has 1 unspecified atom stereocenters. The number of nitrogens with zero attached hydrogens (tertiary/aromatic N) is 4. The maximum Gasteiger partial charge on any atom is 0.240 e. The van der Waals surface area contributed by atoms with E-state index in [9.17, 15) is 4.79 Å². The number of thioether (sulfide) groups is 1. The average molecular weight is 379 g/mol. The van der Waals surface area contributed by atoms with Crippen LogP contribution in [0.25, 0.3) is 11.4 Å². The Labute approximate surface area is 163 Å². The highest BCUT2D eigenvalue weighted by atomic mass is 32.2. The average Bonchev–Trinajstić information content (AvgIpc) is 3.05. The monoisotopic (exact) mass is 378 g/mol. The molecule has 27 heavy (non-hydrogen) atoms. The van der Waals surface area contributed by atoms with Gasteiger partial charge in [0, 0.05) is 24.8 Å². The zero-order valence-electron chi connectivity index (χ0n) is 15.5. The number of benzene rings is 2. The van der Waals surface area contributed by atoms with Crippen LogP contribution in [0.3, 0.4) is 0 Å². The van der Waals surface area contributed by atoms with Crippen molar-refractivity contribution in [3.63, 3.8) is 0 Å². The van der Waals surface area contributed by atoms with Gasteiger partial charge in [0.1, 0.15) is 0 Å². The standard InChI is InChI=1S/C21H22N4OS/c1-15-10-12-16(13-11-15)19-22-23-21(24(19)2)27-18-9-6-14-25(20(18)26)17-7-4-3-5-8-17/h3-5,7-8,10-13,18H,6,9,14H2,1-2H3. The second-order valence-corrected chi connectivity index (χ2v) is 7.98. The lowest BCUT2D eigenvalue weighted by Gasteiger charge is -2.31. The quantitative estimate of drug-likeness (QED) is 0.686. The molecule has 6 heteroatoms. The largest absolute Gasteiger partial charge is 0.311 e. The molecule has 0 N–H and O–H groups in total. The summed E-state index contributed by atoms with van der Waals surface area (Å²) >= 11 is 1.51. The van der Waals surface area contributed by atoms with Gasteiger partial charge in [-0.3, -0.25) is 4.79 Å². The third-order valence-electron chi connectivity index (χ3n) is 4.85. The summed E-state index contributed by atoms with van der Waals surface area (Å²) in [5.41, 5.74) is 3.21. The summed E-state index contributed by atoms with van der Waals surface area (Å²) in [6.07, 6.45) is 1.85. The number of amides is 1. The van der Waals surface area contributed by atoms with Crippen LogP contribution in [0.4, 0.5) is 5.69 Å². The molecular formula is C21H22N4OS. The van der Waals surface area contributed by atoms with Crippen molar-refractivity contribution < 1.29 is 4.79 Å². The van der Waals surface area contributed by atoms with Gasteiger partial charge >= 0.3 is 0 Å². The van der Waals surface area contributed by atoms with E-state index in [0.29, 0.717) is 0 Å². The molecule has 1 aliphatic rings. The van der Waals surface area contributed by atoms with Crippen molar-refractivity contribution in [3.8, 4) is 11.4 Å². The molecule has 5 nitrogen and oxygen atoms in total. The first-order chi connectivity index (χ1) is 13.1. The fourth-order valence-corrected chi connectivity index (χ4v) is 4.41. The van der Waals surface area contributed by atoms with Crippen molar-refractivity contribution in [2.45, 2.75) is 30.2 Å². The third-order valence-corrected chi connectivity index (χ3v) is 6.14. The first-order valence-electron chi connectivity index (χ1n) is 9.13. The van der Waals surface area contributed by atoms with E-state index in [4.69, 9.17) is 0 Å². The van der Waals surface area contributed by atoms with Crippen LogP contribution in [-0.4, -0.2) is 32.5 Å². The number of anilines is 1. The summed E-state index contributed by atoms with van der Waals surface area (Å²) < 4.78 is 1.98. The van der Waals surface area contributed by atoms with Gasteiger partial charge in [-0.1, -0.05) is 59.8 Å². The lowest BCUT2D eigenvalue weighted by atomic mass is 10.1. The minimum absolute atomic E-state index is 0.132. The molecular weight excluding hydrogens is 356 g/mol. The Morgan fingerprint density at radius 1 is 1.04 bits per heavy atom. The van der Waals surface area contributed by atoms with Crippen molar-refractivity contribution in [1.29, 1.82) is 0 Å². The van der Waals surface area contributed by atoms with Crippen LogP contribution >= 0.6 is 11.8 Å². The van der Waals surface area contributed by atoms with Crippen LogP contribution in [0.1, 0.15) is 18.4 Å². The second kappa shape index (κ2) is 7.56. The van der Waals surface area contributed by atoms with E-state index in [1.807, 2.05) is 46.8 Å². The van der Waals surface area contributed by atoms with Gasteiger partial charge in [-0.15, -0.1) is 10.2 Å². The van der Waals surface area contributed by atoms with Crippen LogP contribution in [0.5, 0.6) is 0 Å². The van der Waals surface area contributed by atoms with Crippen LogP contribution in [0.15, 0.2) is 59.8 Å². The number of rotatable bonds is 4. The summed E-state index contributed by atoms with van der Waals surface area (Å²) in [4.78, 5) is 14.9. The lowest BCUT2D eigenvalue weighted by molar-refractivity contribution is -0.119. The molecule has 1 amide bonds. The molecule has 1 saturated heterocycles. The third kappa shape index (κ3) is 3.62. The minimum atomic E-state index is -0.132. The number of carbonyl (C=O) groups is 1. The highest BCUT2D eigenvalue weighted by Crippen LogP contribution is 2.32. The molecule has 2 aromatic carbocycles. The van der Waals surface area contributed by atoms with E-state index in [2.05, 4.69) is 41.4 Å². The first-order valence-corrected chi connectivity index (χ1v) is 10.0. The Bertz CT molecular complexity index is 937. The molecule has 0 radical (unpaired) electrons. The summed E-state index contributed by atoms with van der Waals surface area (Å²) in [5.74, 6) is 0.970. The maximum atomic E-state index is 13.0. The number of piperidine rings is 1. The predicted octanol–water partition coefficient (Wildman–Crippen LogP) is 4.08. The van der Waals surface area contributed by atoms with Gasteiger partial charge in [0.25, 0.3) is 0 Å². The van der Waals surface area contributed by atoms with Crippen molar-refractivity contribution in [2.24, 2.45) is 7.05 Å².